The summed E-state index contributed by atoms with van der Waals surface area (Å²) in [6.07, 6.45) is -0.575. The zero-order chi connectivity index (χ0) is 19.6. The summed E-state index contributed by atoms with van der Waals surface area (Å²) in [5, 5.41) is 11.3. The number of benzene rings is 2. The number of hydrogen-bond donors (Lipinski definition) is 1. The van der Waals surface area contributed by atoms with Crippen molar-refractivity contribution < 1.29 is 23.5 Å². The molecule has 2 aromatic carbocycles. The third kappa shape index (κ3) is 6.44. The van der Waals surface area contributed by atoms with Gasteiger partial charge in [-0.3, -0.25) is 4.79 Å². The van der Waals surface area contributed by atoms with Gasteiger partial charge in [-0.05, 0) is 49.2 Å². The van der Waals surface area contributed by atoms with Crippen LogP contribution in [0.15, 0.2) is 48.5 Å². The van der Waals surface area contributed by atoms with E-state index in [1.165, 1.54) is 13.0 Å². The lowest BCUT2D eigenvalue weighted by Crippen LogP contribution is -2.33. The minimum absolute atomic E-state index is 0.231. The van der Waals surface area contributed by atoms with Gasteiger partial charge < -0.3 is 14.8 Å². The molecule has 0 saturated heterocycles. The third-order valence-electron chi connectivity index (χ3n) is 3.65. The molecule has 2 aromatic rings. The molecule has 0 bridgehead atoms. The molecule has 0 spiro atoms. The fourth-order valence-corrected chi connectivity index (χ4v) is 2.20. The third-order valence-corrected chi connectivity index (χ3v) is 3.65. The van der Waals surface area contributed by atoms with E-state index in [4.69, 9.17) is 14.7 Å². The summed E-state index contributed by atoms with van der Waals surface area (Å²) in [7, 11) is 0. The first kappa shape index (κ1) is 19.9. The van der Waals surface area contributed by atoms with E-state index < -0.39 is 24.6 Å². The average Bonchev–Trinajstić information content (AvgIpc) is 2.68. The summed E-state index contributed by atoms with van der Waals surface area (Å²) in [5.74, 6) is -1.09. The minimum atomic E-state index is -0.913. The van der Waals surface area contributed by atoms with Crippen LogP contribution in [0.25, 0.3) is 0 Å². The van der Waals surface area contributed by atoms with Gasteiger partial charge in [0.05, 0.1) is 11.6 Å². The van der Waals surface area contributed by atoms with Gasteiger partial charge in [-0.1, -0.05) is 18.2 Å². The van der Waals surface area contributed by atoms with Crippen molar-refractivity contribution in [1.29, 1.82) is 5.26 Å². The molecule has 0 unspecified atom stereocenters. The van der Waals surface area contributed by atoms with Gasteiger partial charge in [-0.2, -0.15) is 5.26 Å². The van der Waals surface area contributed by atoms with Crippen LogP contribution in [0.3, 0.4) is 0 Å². The molecule has 1 atom stereocenters. The molecule has 27 heavy (non-hydrogen) atoms. The van der Waals surface area contributed by atoms with Crippen LogP contribution in [0.4, 0.5) is 4.39 Å². The van der Waals surface area contributed by atoms with Crippen LogP contribution in [-0.2, 0) is 20.7 Å². The molecule has 0 aliphatic carbocycles. The van der Waals surface area contributed by atoms with Crippen molar-refractivity contribution in [3.8, 4) is 11.8 Å². The lowest BCUT2D eigenvalue weighted by Gasteiger charge is -2.14. The molecule has 0 radical (unpaired) electrons. The molecule has 7 heteroatoms. The molecule has 0 aromatic heterocycles. The standard InChI is InChI=1S/C20H19FN2O4/c1-14(27-17-8-6-15(12-22)7-9-17)20(25)26-13-19(24)23-11-10-16-4-2-3-5-18(16)21/h2-9,14H,10-11,13H2,1H3,(H,23,24)/t14-/m0/s1. The summed E-state index contributed by atoms with van der Waals surface area (Å²) in [6, 6.07) is 14.6. The van der Waals surface area contributed by atoms with E-state index >= 15 is 0 Å². The smallest absolute Gasteiger partial charge is 0.347 e. The Hall–Kier alpha value is -3.40. The molecule has 2 rings (SSSR count). The number of carbonyl (C=O) groups excluding carboxylic acids is 2. The Labute approximate surface area is 156 Å². The van der Waals surface area contributed by atoms with E-state index in [0.29, 0.717) is 23.3 Å². The van der Waals surface area contributed by atoms with Crippen molar-refractivity contribution in [2.24, 2.45) is 0 Å². The number of nitriles is 1. The second-order valence-corrected chi connectivity index (χ2v) is 5.70. The Morgan fingerprint density at radius 2 is 1.89 bits per heavy atom. The van der Waals surface area contributed by atoms with Crippen molar-refractivity contribution in [1.82, 2.24) is 5.32 Å². The molecule has 6 nitrogen and oxygen atoms in total. The Bertz CT molecular complexity index is 831. The zero-order valence-electron chi connectivity index (χ0n) is 14.8. The quantitative estimate of drug-likeness (QED) is 0.721. The maximum absolute atomic E-state index is 13.5. The topological polar surface area (TPSA) is 88.4 Å². The van der Waals surface area contributed by atoms with Crippen LogP contribution >= 0.6 is 0 Å². The molecule has 1 amide bonds. The number of esters is 1. The molecule has 0 aliphatic rings. The van der Waals surface area contributed by atoms with Gasteiger partial charge in [0.15, 0.2) is 12.7 Å². The molecule has 0 heterocycles. The Morgan fingerprint density at radius 1 is 1.19 bits per heavy atom. The second kappa shape index (κ2) is 9.92. The highest BCUT2D eigenvalue weighted by atomic mass is 19.1. The second-order valence-electron chi connectivity index (χ2n) is 5.70. The van der Waals surface area contributed by atoms with Crippen molar-refractivity contribution in [2.75, 3.05) is 13.2 Å². The zero-order valence-corrected chi connectivity index (χ0v) is 14.8. The van der Waals surface area contributed by atoms with E-state index in [1.807, 2.05) is 6.07 Å². The van der Waals surface area contributed by atoms with Gasteiger partial charge in [-0.15, -0.1) is 0 Å². The summed E-state index contributed by atoms with van der Waals surface area (Å²) >= 11 is 0. The lowest BCUT2D eigenvalue weighted by atomic mass is 10.1. The van der Waals surface area contributed by atoms with Crippen LogP contribution in [0.2, 0.25) is 0 Å². The number of halogens is 1. The number of hydrogen-bond acceptors (Lipinski definition) is 5. The fraction of sp³-hybridized carbons (Fsp3) is 0.250. The van der Waals surface area contributed by atoms with Gasteiger partial charge in [0.2, 0.25) is 0 Å². The van der Waals surface area contributed by atoms with Crippen LogP contribution < -0.4 is 10.1 Å². The summed E-state index contributed by atoms with van der Waals surface area (Å²) in [4.78, 5) is 23.6. The fourth-order valence-electron chi connectivity index (χ4n) is 2.20. The Morgan fingerprint density at radius 3 is 2.56 bits per heavy atom. The van der Waals surface area contributed by atoms with E-state index in [9.17, 15) is 14.0 Å². The van der Waals surface area contributed by atoms with Crippen LogP contribution in [0.1, 0.15) is 18.1 Å². The van der Waals surface area contributed by atoms with Gasteiger partial charge in [0, 0.05) is 6.54 Å². The van der Waals surface area contributed by atoms with Crippen LogP contribution in [0.5, 0.6) is 5.75 Å². The van der Waals surface area contributed by atoms with Gasteiger partial charge in [0.25, 0.3) is 5.91 Å². The average molecular weight is 370 g/mol. The number of nitrogens with one attached hydrogen (secondary N) is 1. The lowest BCUT2D eigenvalue weighted by molar-refractivity contribution is -0.154. The van der Waals surface area contributed by atoms with Crippen molar-refractivity contribution >= 4 is 11.9 Å². The maximum Gasteiger partial charge on any atom is 0.347 e. The number of ether oxygens (including phenoxy) is 2. The van der Waals surface area contributed by atoms with E-state index in [2.05, 4.69) is 5.32 Å². The number of rotatable bonds is 8. The highest BCUT2D eigenvalue weighted by Crippen LogP contribution is 2.14. The van der Waals surface area contributed by atoms with E-state index in [0.717, 1.165) is 0 Å². The highest BCUT2D eigenvalue weighted by molar-refractivity contribution is 5.81. The normalized spacial score (nSPS) is 11.1. The van der Waals surface area contributed by atoms with Gasteiger partial charge in [0.1, 0.15) is 11.6 Å². The monoisotopic (exact) mass is 370 g/mol. The Balaban J connectivity index is 1.69. The van der Waals surface area contributed by atoms with Crippen molar-refractivity contribution in [2.45, 2.75) is 19.4 Å². The first-order valence-corrected chi connectivity index (χ1v) is 8.33. The first-order chi connectivity index (χ1) is 13.0. The molecule has 1 N–H and O–H groups in total. The Kier molecular flexibility index (Phi) is 7.32. The molecule has 140 valence electrons. The molecule has 0 aliphatic heterocycles. The van der Waals surface area contributed by atoms with Crippen molar-refractivity contribution in [3.05, 3.63) is 65.5 Å². The van der Waals surface area contributed by atoms with Crippen molar-refractivity contribution in [3.63, 3.8) is 0 Å². The van der Waals surface area contributed by atoms with E-state index in [1.54, 1.807) is 42.5 Å². The predicted molar refractivity (Wildman–Crippen MR) is 95.3 cm³/mol. The molecular formula is C20H19FN2O4. The molecular weight excluding hydrogens is 351 g/mol. The maximum atomic E-state index is 13.5. The minimum Gasteiger partial charge on any atom is -0.479 e. The molecule has 0 fully saturated rings. The highest BCUT2D eigenvalue weighted by Gasteiger charge is 2.17. The van der Waals surface area contributed by atoms with Crippen LogP contribution in [-0.4, -0.2) is 31.1 Å². The number of carbonyl (C=O) groups is 2. The predicted octanol–water partition coefficient (Wildman–Crippen LogP) is 2.37. The van der Waals surface area contributed by atoms with E-state index in [-0.39, 0.29) is 12.4 Å². The number of amides is 1. The summed E-state index contributed by atoms with van der Waals surface area (Å²) < 4.78 is 23.8. The summed E-state index contributed by atoms with van der Waals surface area (Å²) in [5.41, 5.74) is 0.976. The van der Waals surface area contributed by atoms with Gasteiger partial charge >= 0.3 is 5.97 Å². The van der Waals surface area contributed by atoms with Crippen LogP contribution in [0, 0.1) is 17.1 Å². The number of nitrogens with zero attached hydrogens (tertiary/aromatic N) is 1. The summed E-state index contributed by atoms with van der Waals surface area (Å²) in [6.45, 7) is 1.28. The largest absolute Gasteiger partial charge is 0.479 e. The first-order valence-electron chi connectivity index (χ1n) is 8.33. The van der Waals surface area contributed by atoms with Gasteiger partial charge in [-0.25, -0.2) is 9.18 Å². The molecule has 0 saturated carbocycles. The SMILES string of the molecule is C[C@H](Oc1ccc(C#N)cc1)C(=O)OCC(=O)NCCc1ccccc1F.